The van der Waals surface area contributed by atoms with Crippen molar-refractivity contribution in [3.8, 4) is 0 Å². The van der Waals surface area contributed by atoms with Crippen LogP contribution in [0, 0.1) is 29.1 Å². The first-order valence-electron chi connectivity index (χ1n) is 13.7. The highest BCUT2D eigenvalue weighted by Gasteiger charge is 2.68. The third-order valence-electron chi connectivity index (χ3n) is 9.18. The molecule has 1 spiro atoms. The largest absolute Gasteiger partial charge is 0.388 e. The van der Waals surface area contributed by atoms with Crippen molar-refractivity contribution in [2.45, 2.75) is 58.0 Å². The van der Waals surface area contributed by atoms with Gasteiger partial charge in [0.2, 0.25) is 5.91 Å². The van der Waals surface area contributed by atoms with Gasteiger partial charge in [0, 0.05) is 35.0 Å². The summed E-state index contributed by atoms with van der Waals surface area (Å²) in [6.45, 7) is 9.86. The molecule has 7 nitrogen and oxygen atoms in total. The number of hydrogen-bond donors (Lipinski definition) is 5. The van der Waals surface area contributed by atoms with Crippen molar-refractivity contribution in [3.63, 3.8) is 0 Å². The molecule has 3 aliphatic rings. The monoisotopic (exact) mass is 530 g/mol. The molecule has 2 aliphatic carbocycles. The predicted octanol–water partition coefficient (Wildman–Crippen LogP) is 3.38. The highest BCUT2D eigenvalue weighted by Crippen LogP contribution is 2.56. The van der Waals surface area contributed by atoms with Crippen LogP contribution in [0.2, 0.25) is 0 Å². The number of aliphatic hydroxyl groups is 3. The summed E-state index contributed by atoms with van der Waals surface area (Å²) < 4.78 is 0. The first-order chi connectivity index (χ1) is 18.6. The number of para-hydroxylation sites is 1. The summed E-state index contributed by atoms with van der Waals surface area (Å²) in [5.41, 5.74) is 1.65. The summed E-state index contributed by atoms with van der Waals surface area (Å²) in [5.74, 6) is -2.51. The van der Waals surface area contributed by atoms with Crippen LogP contribution in [0.3, 0.4) is 0 Å². The van der Waals surface area contributed by atoms with Crippen molar-refractivity contribution in [2.24, 2.45) is 29.1 Å². The molecule has 5 N–H and O–H groups in total. The number of fused-ring (bicyclic) bond motifs is 1. The van der Waals surface area contributed by atoms with Crippen LogP contribution in [0.15, 0.2) is 78.6 Å². The topological polar surface area (TPSA) is 123 Å². The zero-order valence-electron chi connectivity index (χ0n) is 22.7. The lowest BCUT2D eigenvalue weighted by molar-refractivity contribution is -0.148. The predicted molar refractivity (Wildman–Crippen MR) is 150 cm³/mol. The van der Waals surface area contributed by atoms with Gasteiger partial charge in [-0.25, -0.2) is 0 Å². The van der Waals surface area contributed by atoms with E-state index >= 15 is 0 Å². The maximum Gasteiger partial charge on any atom is 0.235 e. The number of H-pyrrole nitrogens is 1. The van der Waals surface area contributed by atoms with Gasteiger partial charge in [0.15, 0.2) is 5.78 Å². The molecular formula is C32H38N2O5. The Morgan fingerprint density at radius 2 is 1.82 bits per heavy atom. The molecule has 1 saturated heterocycles. The molecule has 0 unspecified atom stereocenters. The molecule has 0 bridgehead atoms. The van der Waals surface area contributed by atoms with Crippen molar-refractivity contribution >= 4 is 22.6 Å². The van der Waals surface area contributed by atoms with Crippen LogP contribution in [0.4, 0.5) is 0 Å². The Balaban J connectivity index is 1.63. The molecule has 1 saturated carbocycles. The summed E-state index contributed by atoms with van der Waals surface area (Å²) in [6, 6.07) is 7.58. The third kappa shape index (κ3) is 4.42. The smallest absolute Gasteiger partial charge is 0.235 e. The number of carbonyl (C=O) groups excluding carboxylic acids is 2. The molecular weight excluding hydrogens is 492 g/mol. The normalized spacial score (nSPS) is 40.4. The summed E-state index contributed by atoms with van der Waals surface area (Å²) >= 11 is 0. The van der Waals surface area contributed by atoms with E-state index in [4.69, 9.17) is 0 Å². The molecule has 7 heteroatoms. The lowest BCUT2D eigenvalue weighted by Crippen LogP contribution is -2.58. The molecule has 1 aliphatic heterocycles. The second-order valence-electron chi connectivity index (χ2n) is 11.6. The fourth-order valence-electron chi connectivity index (χ4n) is 7.11. The number of benzene rings is 1. The van der Waals surface area contributed by atoms with Crippen LogP contribution in [0.1, 0.15) is 32.8 Å². The first kappa shape index (κ1) is 27.3. The number of aliphatic hydroxyl groups excluding tert-OH is 3. The van der Waals surface area contributed by atoms with Crippen molar-refractivity contribution in [1.82, 2.24) is 10.3 Å². The number of carbonyl (C=O) groups is 2. The van der Waals surface area contributed by atoms with E-state index in [0.717, 1.165) is 16.5 Å². The van der Waals surface area contributed by atoms with Gasteiger partial charge >= 0.3 is 0 Å². The summed E-state index contributed by atoms with van der Waals surface area (Å²) in [6.07, 6.45) is 7.53. The molecule has 0 radical (unpaired) electrons. The molecule has 1 aromatic carbocycles. The number of rotatable bonds is 2. The van der Waals surface area contributed by atoms with Gasteiger partial charge in [-0.15, -0.1) is 0 Å². The molecule has 9 atom stereocenters. The number of aromatic nitrogens is 1. The van der Waals surface area contributed by atoms with Crippen LogP contribution in [-0.2, 0) is 16.0 Å². The number of amides is 1. The van der Waals surface area contributed by atoms with Crippen molar-refractivity contribution in [2.75, 3.05) is 0 Å². The van der Waals surface area contributed by atoms with E-state index in [-0.39, 0.29) is 17.9 Å². The number of ketones is 1. The molecule has 39 heavy (non-hydrogen) atoms. The van der Waals surface area contributed by atoms with E-state index in [0.29, 0.717) is 24.0 Å². The van der Waals surface area contributed by atoms with Gasteiger partial charge in [-0.2, -0.15) is 0 Å². The third-order valence-corrected chi connectivity index (χ3v) is 9.18. The van der Waals surface area contributed by atoms with Gasteiger partial charge in [-0.1, -0.05) is 56.9 Å². The Bertz CT molecular complexity index is 1390. The van der Waals surface area contributed by atoms with Crippen LogP contribution >= 0.6 is 0 Å². The lowest BCUT2D eigenvalue weighted by Gasteiger charge is -2.48. The summed E-state index contributed by atoms with van der Waals surface area (Å²) in [5, 5.41) is 36.9. The fourth-order valence-corrected chi connectivity index (χ4v) is 7.11. The van der Waals surface area contributed by atoms with Gasteiger partial charge in [0.1, 0.15) is 17.6 Å². The molecule has 2 fully saturated rings. The Morgan fingerprint density at radius 3 is 2.59 bits per heavy atom. The second-order valence-corrected chi connectivity index (χ2v) is 11.6. The highest BCUT2D eigenvalue weighted by atomic mass is 16.3. The second kappa shape index (κ2) is 10.4. The maximum absolute atomic E-state index is 14.2. The minimum atomic E-state index is -1.59. The Hall–Kier alpha value is -3.26. The minimum absolute atomic E-state index is 0.0326. The van der Waals surface area contributed by atoms with E-state index in [1.165, 1.54) is 12.2 Å². The number of aromatic amines is 1. The van der Waals surface area contributed by atoms with Crippen LogP contribution < -0.4 is 5.32 Å². The quantitative estimate of drug-likeness (QED) is 0.301. The first-order valence-corrected chi connectivity index (χ1v) is 13.7. The van der Waals surface area contributed by atoms with Gasteiger partial charge in [-0.05, 0) is 66.5 Å². The highest BCUT2D eigenvalue weighted by molar-refractivity contribution is 6.13. The SMILES string of the molecule is C=C1[C@@H](C)[C@H]2[C@H](Cc3c[nH]c4ccccc34)NC(=O)[C@]23C(=O)/C=C\[C@H](O)[C@H](O)/C(C)=C/[C@@H](C)C/C=C/[C@H]3[C@@H]1O. The van der Waals surface area contributed by atoms with Crippen LogP contribution in [0.5, 0.6) is 0 Å². The summed E-state index contributed by atoms with van der Waals surface area (Å²) in [7, 11) is 0. The van der Waals surface area contributed by atoms with E-state index in [2.05, 4.69) is 16.9 Å². The van der Waals surface area contributed by atoms with Gasteiger partial charge in [0.05, 0.1) is 6.10 Å². The van der Waals surface area contributed by atoms with Crippen LogP contribution in [0.25, 0.3) is 10.9 Å². The Labute approximate surface area is 229 Å². The van der Waals surface area contributed by atoms with E-state index in [1.807, 2.05) is 56.5 Å². The molecule has 2 heterocycles. The molecule has 1 aromatic heterocycles. The van der Waals surface area contributed by atoms with Crippen LogP contribution in [-0.4, -0.2) is 56.3 Å². The van der Waals surface area contributed by atoms with Crippen molar-refractivity contribution < 1.29 is 24.9 Å². The van der Waals surface area contributed by atoms with E-state index in [9.17, 15) is 24.9 Å². The molecule has 5 rings (SSSR count). The van der Waals surface area contributed by atoms with Gasteiger partial charge < -0.3 is 25.6 Å². The molecule has 2 aromatic rings. The summed E-state index contributed by atoms with van der Waals surface area (Å²) in [4.78, 5) is 31.5. The number of allylic oxidation sites excluding steroid dienone is 3. The van der Waals surface area contributed by atoms with Crippen molar-refractivity contribution in [3.05, 3.63) is 84.1 Å². The average Bonchev–Trinajstić information content (AvgIpc) is 3.45. The average molecular weight is 531 g/mol. The fraction of sp³-hybridized carbons (Fsp3) is 0.438. The maximum atomic E-state index is 14.2. The van der Waals surface area contributed by atoms with E-state index in [1.54, 1.807) is 13.0 Å². The lowest BCUT2D eigenvalue weighted by atomic mass is 9.52. The van der Waals surface area contributed by atoms with Crippen molar-refractivity contribution in [1.29, 1.82) is 0 Å². The standard InChI is InChI=1S/C32H38N2O5/c1-17-8-7-10-23-30(38)20(4)19(3)28-25(15-21-16-33-24-11-6-5-9-22(21)24)34-31(39)32(23,28)27(36)13-12-26(35)29(37)18(2)14-17/h5-7,9-14,16-17,19,23,25-26,28-30,33,35,37-38H,4,8,15H2,1-3H3,(H,34,39)/b10-7+,13-12-,18-14+/t17-,19+,23-,25-,26-,28-,29+,30+,32+/m0/s1. The van der Waals surface area contributed by atoms with Gasteiger partial charge in [-0.3, -0.25) is 9.59 Å². The van der Waals surface area contributed by atoms with Gasteiger partial charge in [0.25, 0.3) is 0 Å². The van der Waals surface area contributed by atoms with E-state index < -0.39 is 47.3 Å². The number of hydrogen-bond acceptors (Lipinski definition) is 5. The Kier molecular flexibility index (Phi) is 7.27. The molecule has 1 amide bonds. The minimum Gasteiger partial charge on any atom is -0.388 e. The zero-order chi connectivity index (χ0) is 28.1. The number of nitrogens with one attached hydrogen (secondary N) is 2. The molecule has 206 valence electrons. The Morgan fingerprint density at radius 1 is 1.08 bits per heavy atom. The zero-order valence-corrected chi connectivity index (χ0v) is 22.7.